The second kappa shape index (κ2) is 7.14. The number of aryl methyl sites for hydroxylation is 1. The summed E-state index contributed by atoms with van der Waals surface area (Å²) in [5.74, 6) is -0.273. The molecule has 0 spiro atoms. The summed E-state index contributed by atoms with van der Waals surface area (Å²) >= 11 is 0. The van der Waals surface area contributed by atoms with Gasteiger partial charge in [-0.3, -0.25) is 9.79 Å². The van der Waals surface area contributed by atoms with Crippen LogP contribution in [0.1, 0.15) is 36.8 Å². The van der Waals surface area contributed by atoms with Crippen LogP contribution in [0.25, 0.3) is 0 Å². The van der Waals surface area contributed by atoms with Crippen molar-refractivity contribution in [3.63, 3.8) is 0 Å². The summed E-state index contributed by atoms with van der Waals surface area (Å²) in [4.78, 5) is 19.1. The van der Waals surface area contributed by atoms with E-state index in [-0.39, 0.29) is 11.7 Å². The Hall–Kier alpha value is -2.69. The number of amides is 1. The number of aliphatic imine (C=N–C) groups is 1. The van der Waals surface area contributed by atoms with Gasteiger partial charge >= 0.3 is 0 Å². The number of benzene rings is 2. The van der Waals surface area contributed by atoms with Crippen molar-refractivity contribution in [2.45, 2.75) is 32.6 Å². The van der Waals surface area contributed by atoms with Crippen LogP contribution in [0.3, 0.4) is 0 Å². The quantitative estimate of drug-likeness (QED) is 0.794. The lowest BCUT2D eigenvalue weighted by Gasteiger charge is -2.33. The van der Waals surface area contributed by atoms with E-state index in [1.807, 2.05) is 12.1 Å². The van der Waals surface area contributed by atoms with E-state index in [1.165, 1.54) is 36.2 Å². The molecule has 1 N–H and O–H groups in total. The predicted molar refractivity (Wildman–Crippen MR) is 108 cm³/mol. The molecule has 0 aliphatic carbocycles. The molecule has 2 aromatic rings. The first kappa shape index (κ1) is 17.7. The lowest BCUT2D eigenvalue weighted by atomic mass is 9.98. The number of carbonyl (C=O) groups excluding carboxylic acids is 1. The van der Waals surface area contributed by atoms with E-state index < -0.39 is 5.92 Å². The van der Waals surface area contributed by atoms with Gasteiger partial charge in [0.25, 0.3) is 0 Å². The van der Waals surface area contributed by atoms with E-state index in [0.29, 0.717) is 11.3 Å². The standard InChI is InChI=1S/C22H24FN3O/c1-14-7-9-26(10-8-14)21-6-4-17(11-15(21)2)24-13-19-18-12-16(23)3-5-20(18)25-22(19)27/h3-6,11-14,19H,7-10H2,1-2H3,(H,25,27). The summed E-state index contributed by atoms with van der Waals surface area (Å²) in [6.07, 6.45) is 4.07. The van der Waals surface area contributed by atoms with Crippen LogP contribution in [-0.2, 0) is 4.79 Å². The lowest BCUT2D eigenvalue weighted by Crippen LogP contribution is -2.33. The fraction of sp³-hybridized carbons (Fsp3) is 0.364. The molecule has 1 atom stereocenters. The van der Waals surface area contributed by atoms with Crippen molar-refractivity contribution in [3.8, 4) is 0 Å². The van der Waals surface area contributed by atoms with Crippen LogP contribution in [0.4, 0.5) is 21.5 Å². The van der Waals surface area contributed by atoms with Gasteiger partial charge in [0.2, 0.25) is 5.91 Å². The second-order valence-corrected chi connectivity index (χ2v) is 7.62. The molecule has 4 rings (SSSR count). The molecule has 1 fully saturated rings. The predicted octanol–water partition coefficient (Wildman–Crippen LogP) is 4.81. The van der Waals surface area contributed by atoms with Crippen molar-refractivity contribution in [2.75, 3.05) is 23.3 Å². The Morgan fingerprint density at radius 3 is 2.70 bits per heavy atom. The van der Waals surface area contributed by atoms with Crippen molar-refractivity contribution in [2.24, 2.45) is 10.9 Å². The molecule has 2 aromatic carbocycles. The highest BCUT2D eigenvalue weighted by atomic mass is 19.1. The number of rotatable bonds is 3. The number of nitrogens with zero attached hydrogens (tertiary/aromatic N) is 2. The number of hydrogen-bond donors (Lipinski definition) is 1. The Morgan fingerprint density at radius 2 is 1.96 bits per heavy atom. The maximum atomic E-state index is 13.5. The number of carbonyl (C=O) groups is 1. The van der Waals surface area contributed by atoms with Gasteiger partial charge in [0.05, 0.1) is 5.69 Å². The maximum absolute atomic E-state index is 13.5. The Balaban J connectivity index is 1.53. The van der Waals surface area contributed by atoms with Gasteiger partial charge in [-0.15, -0.1) is 0 Å². The molecule has 2 aliphatic rings. The van der Waals surface area contributed by atoms with Gasteiger partial charge in [0, 0.05) is 30.7 Å². The van der Waals surface area contributed by atoms with Crippen LogP contribution < -0.4 is 10.2 Å². The first-order chi connectivity index (χ1) is 13.0. The molecular formula is C22H24FN3O. The number of piperidine rings is 1. The summed E-state index contributed by atoms with van der Waals surface area (Å²) in [6, 6.07) is 10.5. The summed E-state index contributed by atoms with van der Waals surface area (Å²) < 4.78 is 13.5. The van der Waals surface area contributed by atoms with Crippen LogP contribution in [0.5, 0.6) is 0 Å². The molecule has 1 unspecified atom stereocenters. The molecule has 0 bridgehead atoms. The lowest BCUT2D eigenvalue weighted by molar-refractivity contribution is -0.115. The molecule has 2 heterocycles. The first-order valence-electron chi connectivity index (χ1n) is 9.51. The summed E-state index contributed by atoms with van der Waals surface area (Å²) in [6.45, 7) is 6.59. The van der Waals surface area contributed by atoms with E-state index >= 15 is 0 Å². The molecule has 0 aromatic heterocycles. The maximum Gasteiger partial charge on any atom is 0.237 e. The smallest absolute Gasteiger partial charge is 0.237 e. The topological polar surface area (TPSA) is 44.7 Å². The van der Waals surface area contributed by atoms with Gasteiger partial charge in [0.15, 0.2) is 0 Å². The van der Waals surface area contributed by atoms with Crippen molar-refractivity contribution < 1.29 is 9.18 Å². The number of hydrogen-bond acceptors (Lipinski definition) is 3. The SMILES string of the molecule is Cc1cc(N=CC2C(=O)Nc3ccc(F)cc32)ccc1N1CCC(C)CC1. The Labute approximate surface area is 159 Å². The van der Waals surface area contributed by atoms with E-state index in [4.69, 9.17) is 0 Å². The highest BCUT2D eigenvalue weighted by Crippen LogP contribution is 2.33. The van der Waals surface area contributed by atoms with Gasteiger partial charge in [-0.2, -0.15) is 0 Å². The van der Waals surface area contributed by atoms with Gasteiger partial charge < -0.3 is 10.2 Å². The van der Waals surface area contributed by atoms with Gasteiger partial charge in [0.1, 0.15) is 11.7 Å². The highest BCUT2D eigenvalue weighted by Gasteiger charge is 2.29. The molecule has 1 saturated heterocycles. The third-order valence-corrected chi connectivity index (χ3v) is 5.57. The molecule has 2 aliphatic heterocycles. The summed E-state index contributed by atoms with van der Waals surface area (Å²) in [5.41, 5.74) is 4.54. The van der Waals surface area contributed by atoms with Gasteiger partial charge in [-0.1, -0.05) is 6.92 Å². The zero-order chi connectivity index (χ0) is 19.0. The Bertz CT molecular complexity index is 900. The average molecular weight is 365 g/mol. The number of nitrogens with one attached hydrogen (secondary N) is 1. The van der Waals surface area contributed by atoms with E-state index in [2.05, 4.69) is 35.1 Å². The minimum absolute atomic E-state index is 0.171. The summed E-state index contributed by atoms with van der Waals surface area (Å²) in [7, 11) is 0. The van der Waals surface area contributed by atoms with E-state index in [9.17, 15) is 9.18 Å². The third kappa shape index (κ3) is 3.59. The zero-order valence-electron chi connectivity index (χ0n) is 15.7. The van der Waals surface area contributed by atoms with Crippen molar-refractivity contribution in [3.05, 3.63) is 53.3 Å². The number of halogens is 1. The molecule has 27 heavy (non-hydrogen) atoms. The minimum Gasteiger partial charge on any atom is -0.371 e. The largest absolute Gasteiger partial charge is 0.371 e. The van der Waals surface area contributed by atoms with E-state index in [1.54, 1.807) is 12.3 Å². The van der Waals surface area contributed by atoms with Crippen LogP contribution >= 0.6 is 0 Å². The third-order valence-electron chi connectivity index (χ3n) is 5.57. The van der Waals surface area contributed by atoms with Crippen molar-refractivity contribution >= 4 is 29.2 Å². The fourth-order valence-corrected chi connectivity index (χ4v) is 3.89. The van der Waals surface area contributed by atoms with Crippen LogP contribution in [0.2, 0.25) is 0 Å². The van der Waals surface area contributed by atoms with Crippen LogP contribution in [0, 0.1) is 18.7 Å². The summed E-state index contributed by atoms with van der Waals surface area (Å²) in [5, 5.41) is 2.77. The zero-order valence-corrected chi connectivity index (χ0v) is 15.7. The van der Waals surface area contributed by atoms with E-state index in [0.717, 1.165) is 24.7 Å². The van der Waals surface area contributed by atoms with Crippen LogP contribution in [0.15, 0.2) is 41.4 Å². The van der Waals surface area contributed by atoms with Crippen molar-refractivity contribution in [1.82, 2.24) is 0 Å². The monoisotopic (exact) mass is 365 g/mol. The normalized spacial score (nSPS) is 20.2. The molecular weight excluding hydrogens is 341 g/mol. The molecule has 4 nitrogen and oxygen atoms in total. The molecule has 0 saturated carbocycles. The number of fused-ring (bicyclic) bond motifs is 1. The first-order valence-corrected chi connectivity index (χ1v) is 9.51. The second-order valence-electron chi connectivity index (χ2n) is 7.62. The molecule has 0 radical (unpaired) electrons. The fourth-order valence-electron chi connectivity index (χ4n) is 3.89. The Morgan fingerprint density at radius 1 is 1.19 bits per heavy atom. The molecule has 140 valence electrons. The average Bonchev–Trinajstić information content (AvgIpc) is 2.95. The molecule has 5 heteroatoms. The van der Waals surface area contributed by atoms with Crippen molar-refractivity contribution in [1.29, 1.82) is 0 Å². The van der Waals surface area contributed by atoms with Crippen LogP contribution in [-0.4, -0.2) is 25.2 Å². The molecule has 1 amide bonds. The number of anilines is 2. The van der Waals surface area contributed by atoms with Gasteiger partial charge in [-0.05, 0) is 73.2 Å². The van der Waals surface area contributed by atoms with Gasteiger partial charge in [-0.25, -0.2) is 4.39 Å². The highest BCUT2D eigenvalue weighted by molar-refractivity contribution is 6.12. The Kier molecular flexibility index (Phi) is 4.68. The minimum atomic E-state index is -0.556.